The summed E-state index contributed by atoms with van der Waals surface area (Å²) in [5.74, 6) is -0.222. The Bertz CT molecular complexity index is 1460. The lowest BCUT2D eigenvalue weighted by Crippen LogP contribution is -2.38. The van der Waals surface area contributed by atoms with Crippen molar-refractivity contribution in [1.29, 1.82) is 0 Å². The molecule has 4 rings (SSSR count). The number of aromatic nitrogens is 2. The first-order valence-corrected chi connectivity index (χ1v) is 13.6. The van der Waals surface area contributed by atoms with E-state index in [-0.39, 0.29) is 15.7 Å². The molecule has 0 radical (unpaired) electrons. The quantitative estimate of drug-likeness (QED) is 0.304. The van der Waals surface area contributed by atoms with Crippen LogP contribution in [-0.4, -0.2) is 37.7 Å². The number of halogens is 1. The maximum Gasteiger partial charge on any atom is 0.264 e. The summed E-state index contributed by atoms with van der Waals surface area (Å²) in [6, 6.07) is 20.2. The van der Waals surface area contributed by atoms with Gasteiger partial charge in [0, 0.05) is 10.6 Å². The Morgan fingerprint density at radius 1 is 1.03 bits per heavy atom. The van der Waals surface area contributed by atoms with Crippen LogP contribution in [0.3, 0.4) is 0 Å². The van der Waals surface area contributed by atoms with E-state index in [4.69, 9.17) is 16.3 Å². The second kappa shape index (κ2) is 11.1. The predicted molar refractivity (Wildman–Crippen MR) is 142 cm³/mol. The minimum Gasteiger partial charge on any atom is -0.492 e. The molecule has 1 amide bonds. The number of ether oxygens (including phenoxy) is 1. The smallest absolute Gasteiger partial charge is 0.264 e. The molecular weight excluding hydrogens is 520 g/mol. The number of benzene rings is 3. The number of anilines is 2. The summed E-state index contributed by atoms with van der Waals surface area (Å²) in [5.41, 5.74) is 1.97. The maximum atomic E-state index is 13.7. The van der Waals surface area contributed by atoms with Crippen molar-refractivity contribution in [2.75, 3.05) is 22.8 Å². The highest BCUT2D eigenvalue weighted by Crippen LogP contribution is 2.33. The highest BCUT2D eigenvalue weighted by Gasteiger charge is 2.29. The monoisotopic (exact) mass is 542 g/mol. The Hall–Kier alpha value is -3.47. The second-order valence-corrected chi connectivity index (χ2v) is 11.0. The van der Waals surface area contributed by atoms with Crippen LogP contribution in [0.1, 0.15) is 12.5 Å². The van der Waals surface area contributed by atoms with Gasteiger partial charge in [-0.25, -0.2) is 8.42 Å². The van der Waals surface area contributed by atoms with Gasteiger partial charge in [-0.1, -0.05) is 64.9 Å². The zero-order valence-corrected chi connectivity index (χ0v) is 21.9. The lowest BCUT2D eigenvalue weighted by Gasteiger charge is -2.25. The van der Waals surface area contributed by atoms with Crippen LogP contribution in [0, 0.1) is 6.92 Å². The molecule has 11 heteroatoms. The predicted octanol–water partition coefficient (Wildman–Crippen LogP) is 5.40. The zero-order valence-electron chi connectivity index (χ0n) is 19.5. The summed E-state index contributed by atoms with van der Waals surface area (Å²) in [6.45, 7) is 3.51. The van der Waals surface area contributed by atoms with Crippen molar-refractivity contribution in [1.82, 2.24) is 10.2 Å². The van der Waals surface area contributed by atoms with Gasteiger partial charge in [-0.2, -0.15) is 0 Å². The fourth-order valence-electron chi connectivity index (χ4n) is 3.35. The zero-order chi connectivity index (χ0) is 25.7. The summed E-state index contributed by atoms with van der Waals surface area (Å²) < 4.78 is 34.0. The first kappa shape index (κ1) is 25.6. The molecule has 0 bridgehead atoms. The van der Waals surface area contributed by atoms with E-state index in [9.17, 15) is 13.2 Å². The van der Waals surface area contributed by atoms with Gasteiger partial charge in [0.1, 0.15) is 17.3 Å². The average Bonchev–Trinajstić information content (AvgIpc) is 3.32. The van der Waals surface area contributed by atoms with Crippen LogP contribution in [0.5, 0.6) is 5.75 Å². The molecule has 3 aromatic carbocycles. The maximum absolute atomic E-state index is 13.7. The van der Waals surface area contributed by atoms with Crippen molar-refractivity contribution in [2.45, 2.75) is 18.7 Å². The molecule has 0 saturated heterocycles. The highest BCUT2D eigenvalue weighted by atomic mass is 35.5. The number of para-hydroxylation sites is 2. The first-order chi connectivity index (χ1) is 17.3. The molecule has 0 aliphatic heterocycles. The lowest BCUT2D eigenvalue weighted by atomic mass is 10.2. The van der Waals surface area contributed by atoms with Crippen LogP contribution in [0.25, 0.3) is 10.6 Å². The number of hydrogen-bond donors (Lipinski definition) is 1. The summed E-state index contributed by atoms with van der Waals surface area (Å²) in [6.07, 6.45) is 0. The third kappa shape index (κ3) is 5.84. The number of nitrogens with zero attached hydrogens (tertiary/aromatic N) is 3. The Balaban J connectivity index is 1.63. The molecular formula is C25H23ClN4O4S2. The van der Waals surface area contributed by atoms with Crippen molar-refractivity contribution in [2.24, 2.45) is 0 Å². The highest BCUT2D eigenvalue weighted by molar-refractivity contribution is 7.92. The molecule has 0 spiro atoms. The Morgan fingerprint density at radius 2 is 1.72 bits per heavy atom. The van der Waals surface area contributed by atoms with Crippen LogP contribution < -0.4 is 14.4 Å². The van der Waals surface area contributed by atoms with Gasteiger partial charge >= 0.3 is 0 Å². The fourth-order valence-corrected chi connectivity index (χ4v) is 5.67. The SMILES string of the molecule is CCOc1ccccc1N(CC(=O)Nc1nnc(-c2ccc(Cl)cc2)s1)S(=O)(=O)c1ccc(C)cc1. The number of carbonyl (C=O) groups excluding carboxylic acids is 1. The van der Waals surface area contributed by atoms with Crippen LogP contribution in [0.15, 0.2) is 77.7 Å². The van der Waals surface area contributed by atoms with E-state index in [2.05, 4.69) is 15.5 Å². The third-order valence-corrected chi connectivity index (χ3v) is 8.01. The van der Waals surface area contributed by atoms with E-state index in [1.165, 1.54) is 23.5 Å². The minimum absolute atomic E-state index is 0.0631. The summed E-state index contributed by atoms with van der Waals surface area (Å²) >= 11 is 7.11. The molecule has 0 aliphatic rings. The number of sulfonamides is 1. The molecule has 0 unspecified atom stereocenters. The largest absolute Gasteiger partial charge is 0.492 e. The lowest BCUT2D eigenvalue weighted by molar-refractivity contribution is -0.114. The molecule has 0 atom stereocenters. The summed E-state index contributed by atoms with van der Waals surface area (Å²) in [4.78, 5) is 13.1. The normalized spacial score (nSPS) is 11.2. The van der Waals surface area contributed by atoms with Crippen molar-refractivity contribution in [3.05, 3.63) is 83.4 Å². The van der Waals surface area contributed by atoms with Gasteiger partial charge in [0.2, 0.25) is 11.0 Å². The number of rotatable bonds is 9. The van der Waals surface area contributed by atoms with Crippen molar-refractivity contribution in [3.8, 4) is 16.3 Å². The second-order valence-electron chi connectivity index (χ2n) is 7.69. The average molecular weight is 543 g/mol. The number of amides is 1. The van der Waals surface area contributed by atoms with Crippen molar-refractivity contribution < 1.29 is 17.9 Å². The van der Waals surface area contributed by atoms with Crippen molar-refractivity contribution in [3.63, 3.8) is 0 Å². The number of aryl methyl sites for hydroxylation is 1. The van der Waals surface area contributed by atoms with Crippen LogP contribution in [-0.2, 0) is 14.8 Å². The number of nitrogens with one attached hydrogen (secondary N) is 1. The van der Waals surface area contributed by atoms with Gasteiger partial charge in [0.25, 0.3) is 10.0 Å². The van der Waals surface area contributed by atoms with E-state index in [0.717, 1.165) is 15.4 Å². The molecule has 1 heterocycles. The Labute approximate surface area is 218 Å². The van der Waals surface area contributed by atoms with E-state index in [0.29, 0.717) is 22.4 Å². The summed E-state index contributed by atoms with van der Waals surface area (Å²) in [5, 5.41) is 12.2. The topological polar surface area (TPSA) is 101 Å². The van der Waals surface area contributed by atoms with E-state index >= 15 is 0 Å². The van der Waals surface area contributed by atoms with Crippen LogP contribution >= 0.6 is 22.9 Å². The molecule has 4 aromatic rings. The molecule has 36 heavy (non-hydrogen) atoms. The van der Waals surface area contributed by atoms with E-state index < -0.39 is 22.5 Å². The Kier molecular flexibility index (Phi) is 7.88. The van der Waals surface area contributed by atoms with Crippen LogP contribution in [0.4, 0.5) is 10.8 Å². The number of carbonyl (C=O) groups is 1. The third-order valence-electron chi connectivity index (χ3n) is 5.09. The standard InChI is InChI=1S/C25H23ClN4O4S2/c1-3-34-22-7-5-4-6-21(22)30(36(32,33)20-14-8-17(2)9-15-20)16-23(31)27-25-29-28-24(35-25)18-10-12-19(26)13-11-18/h4-15H,3,16H2,1-2H3,(H,27,29,31). The van der Waals surface area contributed by atoms with Gasteiger partial charge < -0.3 is 4.74 Å². The molecule has 0 saturated carbocycles. The Morgan fingerprint density at radius 3 is 2.42 bits per heavy atom. The van der Waals surface area contributed by atoms with Gasteiger partial charge in [-0.05, 0) is 50.2 Å². The first-order valence-electron chi connectivity index (χ1n) is 11.0. The fraction of sp³-hybridized carbons (Fsp3) is 0.160. The van der Waals surface area contributed by atoms with E-state index in [1.807, 2.05) is 6.92 Å². The van der Waals surface area contributed by atoms with Gasteiger partial charge in [-0.15, -0.1) is 10.2 Å². The molecule has 186 valence electrons. The number of hydrogen-bond acceptors (Lipinski definition) is 7. The summed E-state index contributed by atoms with van der Waals surface area (Å²) in [7, 11) is -4.09. The minimum atomic E-state index is -4.09. The van der Waals surface area contributed by atoms with Gasteiger partial charge in [-0.3, -0.25) is 14.4 Å². The molecule has 8 nitrogen and oxygen atoms in total. The molecule has 1 N–H and O–H groups in total. The van der Waals surface area contributed by atoms with E-state index in [1.54, 1.807) is 67.6 Å². The molecule has 0 fully saturated rings. The van der Waals surface area contributed by atoms with Crippen LogP contribution in [0.2, 0.25) is 5.02 Å². The van der Waals surface area contributed by atoms with Gasteiger partial charge in [0.15, 0.2) is 0 Å². The molecule has 0 aliphatic carbocycles. The van der Waals surface area contributed by atoms with Crippen molar-refractivity contribution >= 4 is 49.7 Å². The van der Waals surface area contributed by atoms with Gasteiger partial charge in [0.05, 0.1) is 17.2 Å². The molecule has 1 aromatic heterocycles.